The standard InChI is InChI=1S/C8H5BF2O3S/c10-6-5-4(15-8(6)11)2-1-3(7(5)12)9(13)14/h1-2,12-14H. The zero-order chi connectivity index (χ0) is 11.2. The highest BCUT2D eigenvalue weighted by molar-refractivity contribution is 7.17. The molecular formula is C8H5BF2O3S. The van der Waals surface area contributed by atoms with Crippen LogP contribution >= 0.6 is 11.3 Å². The topological polar surface area (TPSA) is 60.7 Å². The van der Waals surface area contributed by atoms with Crippen LogP contribution in [0.3, 0.4) is 0 Å². The van der Waals surface area contributed by atoms with Gasteiger partial charge in [0.15, 0.2) is 5.82 Å². The molecule has 0 radical (unpaired) electrons. The van der Waals surface area contributed by atoms with Crippen molar-refractivity contribution >= 4 is 34.0 Å². The van der Waals surface area contributed by atoms with Crippen LogP contribution in [-0.4, -0.2) is 22.3 Å². The summed E-state index contributed by atoms with van der Waals surface area (Å²) in [6, 6.07) is 2.53. The van der Waals surface area contributed by atoms with Gasteiger partial charge in [-0.15, -0.1) is 11.3 Å². The van der Waals surface area contributed by atoms with E-state index >= 15 is 0 Å². The van der Waals surface area contributed by atoms with E-state index in [1.54, 1.807) is 0 Å². The zero-order valence-corrected chi connectivity index (χ0v) is 8.05. The van der Waals surface area contributed by atoms with Gasteiger partial charge in [0.1, 0.15) is 5.75 Å². The van der Waals surface area contributed by atoms with Gasteiger partial charge >= 0.3 is 7.12 Å². The highest BCUT2D eigenvalue weighted by Crippen LogP contribution is 2.33. The average Bonchev–Trinajstić information content (AvgIpc) is 2.43. The fourth-order valence-corrected chi connectivity index (χ4v) is 2.14. The number of aromatic hydroxyl groups is 1. The number of hydrogen-bond acceptors (Lipinski definition) is 4. The van der Waals surface area contributed by atoms with Crippen LogP contribution in [0, 0.1) is 10.9 Å². The summed E-state index contributed by atoms with van der Waals surface area (Å²) in [5.74, 6) is -1.81. The molecular weight excluding hydrogens is 225 g/mol. The van der Waals surface area contributed by atoms with Crippen molar-refractivity contribution in [3.05, 3.63) is 23.1 Å². The second-order valence-electron chi connectivity index (χ2n) is 2.94. The molecule has 0 saturated heterocycles. The Morgan fingerprint density at radius 1 is 1.20 bits per heavy atom. The van der Waals surface area contributed by atoms with E-state index in [9.17, 15) is 13.9 Å². The summed E-state index contributed by atoms with van der Waals surface area (Å²) in [5, 5.41) is 25.8. The maximum absolute atomic E-state index is 13.2. The SMILES string of the molecule is OB(O)c1ccc2sc(F)c(F)c2c1O. The lowest BCUT2D eigenvalue weighted by molar-refractivity contribution is 0.420. The smallest absolute Gasteiger partial charge is 0.492 e. The summed E-state index contributed by atoms with van der Waals surface area (Å²) in [6.45, 7) is 0. The van der Waals surface area contributed by atoms with Crippen molar-refractivity contribution in [3.63, 3.8) is 0 Å². The van der Waals surface area contributed by atoms with Crippen LogP contribution in [0.1, 0.15) is 0 Å². The maximum atomic E-state index is 13.2. The van der Waals surface area contributed by atoms with Gasteiger partial charge in [-0.05, 0) is 6.07 Å². The molecule has 2 aromatic rings. The lowest BCUT2D eigenvalue weighted by Crippen LogP contribution is -2.29. The van der Waals surface area contributed by atoms with E-state index in [0.717, 1.165) is 0 Å². The van der Waals surface area contributed by atoms with E-state index in [1.165, 1.54) is 12.1 Å². The van der Waals surface area contributed by atoms with Gasteiger partial charge in [-0.3, -0.25) is 0 Å². The number of rotatable bonds is 1. The van der Waals surface area contributed by atoms with Crippen LogP contribution < -0.4 is 5.46 Å². The van der Waals surface area contributed by atoms with Gasteiger partial charge in [0.2, 0.25) is 5.13 Å². The highest BCUT2D eigenvalue weighted by Gasteiger charge is 2.22. The van der Waals surface area contributed by atoms with Crippen LogP contribution in [0.5, 0.6) is 5.75 Å². The number of fused-ring (bicyclic) bond motifs is 1. The first-order chi connectivity index (χ1) is 7.02. The molecule has 3 nitrogen and oxygen atoms in total. The van der Waals surface area contributed by atoms with E-state index in [-0.39, 0.29) is 15.5 Å². The minimum atomic E-state index is -1.92. The van der Waals surface area contributed by atoms with Gasteiger partial charge in [0, 0.05) is 10.2 Å². The summed E-state index contributed by atoms with van der Waals surface area (Å²) in [4.78, 5) is 0. The van der Waals surface area contributed by atoms with Crippen LogP contribution in [0.15, 0.2) is 12.1 Å². The Kier molecular flexibility index (Phi) is 2.37. The molecule has 78 valence electrons. The Morgan fingerprint density at radius 2 is 1.87 bits per heavy atom. The molecule has 0 bridgehead atoms. The van der Waals surface area contributed by atoms with Crippen LogP contribution in [0.25, 0.3) is 10.1 Å². The van der Waals surface area contributed by atoms with Gasteiger partial charge in [0.25, 0.3) is 0 Å². The number of phenols is 1. The number of hydrogen-bond donors (Lipinski definition) is 3. The number of halogens is 2. The molecule has 0 atom stereocenters. The normalized spacial score (nSPS) is 10.9. The third-order valence-corrected chi connectivity index (χ3v) is 2.96. The van der Waals surface area contributed by atoms with Crippen molar-refractivity contribution in [2.75, 3.05) is 0 Å². The number of benzene rings is 1. The Hall–Kier alpha value is -1.18. The molecule has 3 N–H and O–H groups in total. The molecule has 2 rings (SSSR count). The Morgan fingerprint density at radius 3 is 2.47 bits per heavy atom. The fraction of sp³-hybridized carbons (Fsp3) is 0. The van der Waals surface area contributed by atoms with Crippen LogP contribution in [0.4, 0.5) is 8.78 Å². The molecule has 1 aromatic carbocycles. The molecule has 0 saturated carbocycles. The highest BCUT2D eigenvalue weighted by atomic mass is 32.1. The average molecular weight is 230 g/mol. The first kappa shape index (κ1) is 10.3. The lowest BCUT2D eigenvalue weighted by atomic mass is 9.79. The minimum absolute atomic E-state index is 0.215. The van der Waals surface area contributed by atoms with Crippen molar-refractivity contribution in [3.8, 4) is 5.75 Å². The molecule has 1 heterocycles. The number of phenolic OH excluding ortho intramolecular Hbond substituents is 1. The van der Waals surface area contributed by atoms with Gasteiger partial charge in [-0.2, -0.15) is 4.39 Å². The minimum Gasteiger partial charge on any atom is -0.508 e. The molecule has 0 fully saturated rings. The number of thiophene rings is 1. The fourth-order valence-electron chi connectivity index (χ4n) is 1.33. The third kappa shape index (κ3) is 1.48. The molecule has 0 unspecified atom stereocenters. The van der Waals surface area contributed by atoms with Gasteiger partial charge in [-0.1, -0.05) is 6.07 Å². The van der Waals surface area contributed by atoms with E-state index in [4.69, 9.17) is 10.0 Å². The van der Waals surface area contributed by atoms with E-state index < -0.39 is 23.8 Å². The van der Waals surface area contributed by atoms with Crippen LogP contribution in [0.2, 0.25) is 0 Å². The molecule has 0 aliphatic carbocycles. The summed E-state index contributed by atoms with van der Waals surface area (Å²) in [5.41, 5.74) is -0.251. The largest absolute Gasteiger partial charge is 0.508 e. The van der Waals surface area contributed by atoms with Crippen LogP contribution in [-0.2, 0) is 0 Å². The Balaban J connectivity index is 2.82. The molecule has 0 amide bonds. The summed E-state index contributed by atoms with van der Waals surface area (Å²) in [6.07, 6.45) is 0. The molecule has 1 aromatic heterocycles. The van der Waals surface area contributed by atoms with Gasteiger partial charge in [0.05, 0.1) is 5.39 Å². The monoisotopic (exact) mass is 230 g/mol. The zero-order valence-electron chi connectivity index (χ0n) is 7.24. The summed E-state index contributed by atoms with van der Waals surface area (Å²) >= 11 is 0.548. The molecule has 15 heavy (non-hydrogen) atoms. The summed E-state index contributed by atoms with van der Waals surface area (Å²) in [7, 11) is -1.92. The van der Waals surface area contributed by atoms with Gasteiger partial charge < -0.3 is 15.2 Å². The lowest BCUT2D eigenvalue weighted by Gasteiger charge is -2.03. The third-order valence-electron chi connectivity index (χ3n) is 2.04. The van der Waals surface area contributed by atoms with E-state index in [2.05, 4.69) is 0 Å². The predicted molar refractivity (Wildman–Crippen MR) is 53.2 cm³/mol. The Labute approximate surface area is 87.4 Å². The second kappa shape index (κ2) is 3.44. The van der Waals surface area contributed by atoms with Gasteiger partial charge in [-0.25, -0.2) is 4.39 Å². The quantitative estimate of drug-likeness (QED) is 0.627. The first-order valence-corrected chi connectivity index (χ1v) is 4.79. The molecule has 7 heteroatoms. The molecule has 0 aliphatic rings. The van der Waals surface area contributed by atoms with Crippen molar-refractivity contribution in [2.24, 2.45) is 0 Å². The Bertz CT molecular complexity index is 526. The predicted octanol–water partition coefficient (Wildman–Crippen LogP) is 0.565. The van der Waals surface area contributed by atoms with Crippen molar-refractivity contribution < 1.29 is 23.9 Å². The second-order valence-corrected chi connectivity index (χ2v) is 3.94. The molecule has 0 aliphatic heterocycles. The van der Waals surface area contributed by atoms with Crippen molar-refractivity contribution in [2.45, 2.75) is 0 Å². The first-order valence-electron chi connectivity index (χ1n) is 3.98. The van der Waals surface area contributed by atoms with E-state index in [0.29, 0.717) is 11.3 Å². The summed E-state index contributed by atoms with van der Waals surface area (Å²) < 4.78 is 26.2. The maximum Gasteiger partial charge on any atom is 0.492 e. The van der Waals surface area contributed by atoms with E-state index in [1.807, 2.05) is 0 Å². The van der Waals surface area contributed by atoms with Crippen molar-refractivity contribution in [1.29, 1.82) is 0 Å². The molecule has 0 spiro atoms. The van der Waals surface area contributed by atoms with Crippen molar-refractivity contribution in [1.82, 2.24) is 0 Å².